The maximum absolute atomic E-state index is 12.4. The van der Waals surface area contributed by atoms with Crippen molar-refractivity contribution in [3.05, 3.63) is 54.1 Å². The monoisotopic (exact) mass is 380 g/mol. The lowest BCUT2D eigenvalue weighted by Crippen LogP contribution is -2.33. The van der Waals surface area contributed by atoms with Gasteiger partial charge in [0.05, 0.1) is 11.4 Å². The number of hydroxylamine groups is 2. The Hall–Kier alpha value is -2.57. The molecule has 0 aromatic heterocycles. The maximum Gasteiger partial charge on any atom is 0.255 e. The molecule has 1 aliphatic carbocycles. The van der Waals surface area contributed by atoms with E-state index in [4.69, 9.17) is 10.6 Å². The van der Waals surface area contributed by atoms with Gasteiger partial charge >= 0.3 is 0 Å². The van der Waals surface area contributed by atoms with Gasteiger partial charge in [-0.25, -0.2) is 0 Å². The first kappa shape index (κ1) is 18.8. The van der Waals surface area contributed by atoms with E-state index in [0.29, 0.717) is 16.9 Å². The van der Waals surface area contributed by atoms with Gasteiger partial charge in [-0.15, -0.1) is 5.06 Å². The number of nitrogens with two attached hydrogens (primary N) is 1. The van der Waals surface area contributed by atoms with Crippen LogP contribution in [0.1, 0.15) is 29.6 Å². The van der Waals surface area contributed by atoms with Gasteiger partial charge in [0.2, 0.25) is 0 Å². The van der Waals surface area contributed by atoms with E-state index in [1.54, 1.807) is 24.3 Å². The standard InChI is InChI=1S/C22H28N4O2/c23-20-4-1-2-5-21(20)24-22(27)18-8-10-19(11-9-18)28-26-13-3-12-25(14-15-26)16-17-6-7-17/h1-2,4-5,8-11,17H,3,6-7,12-16,23H2,(H,24,27). The molecule has 2 aromatic carbocycles. The minimum Gasteiger partial charge on any atom is -0.406 e. The second-order valence-electron chi connectivity index (χ2n) is 7.68. The number of para-hydroxylation sites is 2. The normalized spacial score (nSPS) is 18.4. The maximum atomic E-state index is 12.4. The third kappa shape index (κ3) is 5.03. The molecular weight excluding hydrogens is 352 g/mol. The summed E-state index contributed by atoms with van der Waals surface area (Å²) in [6.45, 7) is 5.27. The fourth-order valence-electron chi connectivity index (χ4n) is 3.51. The number of amides is 1. The second-order valence-corrected chi connectivity index (χ2v) is 7.68. The summed E-state index contributed by atoms with van der Waals surface area (Å²) >= 11 is 0. The molecule has 6 nitrogen and oxygen atoms in total. The molecule has 0 radical (unpaired) electrons. The number of anilines is 2. The number of carbonyl (C=O) groups excluding carboxylic acids is 1. The number of nitrogen functional groups attached to an aromatic ring is 1. The molecule has 0 unspecified atom stereocenters. The fourth-order valence-corrected chi connectivity index (χ4v) is 3.51. The van der Waals surface area contributed by atoms with Crippen LogP contribution in [0.2, 0.25) is 0 Å². The van der Waals surface area contributed by atoms with Crippen molar-refractivity contribution < 1.29 is 9.63 Å². The van der Waals surface area contributed by atoms with Crippen molar-refractivity contribution in [3.8, 4) is 5.75 Å². The van der Waals surface area contributed by atoms with Crippen LogP contribution in [0.4, 0.5) is 11.4 Å². The van der Waals surface area contributed by atoms with Crippen molar-refractivity contribution in [2.75, 3.05) is 43.8 Å². The van der Waals surface area contributed by atoms with Crippen LogP contribution in [0.25, 0.3) is 0 Å². The van der Waals surface area contributed by atoms with Crippen molar-refractivity contribution in [3.63, 3.8) is 0 Å². The van der Waals surface area contributed by atoms with E-state index in [-0.39, 0.29) is 5.91 Å². The highest BCUT2D eigenvalue weighted by atomic mass is 16.7. The van der Waals surface area contributed by atoms with Crippen LogP contribution in [-0.2, 0) is 0 Å². The van der Waals surface area contributed by atoms with Gasteiger partial charge in [0.1, 0.15) is 5.75 Å². The van der Waals surface area contributed by atoms with Crippen LogP contribution in [0.15, 0.2) is 48.5 Å². The summed E-state index contributed by atoms with van der Waals surface area (Å²) in [6.07, 6.45) is 3.91. The molecular formula is C22H28N4O2. The summed E-state index contributed by atoms with van der Waals surface area (Å²) in [5, 5.41) is 4.87. The molecule has 2 aromatic rings. The van der Waals surface area contributed by atoms with Crippen molar-refractivity contribution in [2.45, 2.75) is 19.3 Å². The predicted octanol–water partition coefficient (Wildman–Crippen LogP) is 3.23. The SMILES string of the molecule is Nc1ccccc1NC(=O)c1ccc(ON2CCCN(CC3CC3)CC2)cc1. The van der Waals surface area contributed by atoms with Gasteiger partial charge in [0.25, 0.3) is 5.91 Å². The van der Waals surface area contributed by atoms with Crippen molar-refractivity contribution >= 4 is 17.3 Å². The molecule has 2 aliphatic rings. The Labute approximate surface area is 166 Å². The van der Waals surface area contributed by atoms with Crippen molar-refractivity contribution in [1.82, 2.24) is 9.96 Å². The Balaban J connectivity index is 1.30. The Morgan fingerprint density at radius 3 is 2.57 bits per heavy atom. The van der Waals surface area contributed by atoms with Gasteiger partial charge in [-0.05, 0) is 68.1 Å². The third-order valence-corrected chi connectivity index (χ3v) is 5.32. The number of hydrogen-bond acceptors (Lipinski definition) is 5. The van der Waals surface area contributed by atoms with E-state index in [0.717, 1.165) is 44.3 Å². The number of rotatable bonds is 6. The lowest BCUT2D eigenvalue weighted by molar-refractivity contribution is -0.0542. The Kier molecular flexibility index (Phi) is 5.78. The number of hydrogen-bond donors (Lipinski definition) is 2. The van der Waals surface area contributed by atoms with Crippen LogP contribution in [0.3, 0.4) is 0 Å². The number of nitrogens with one attached hydrogen (secondary N) is 1. The van der Waals surface area contributed by atoms with E-state index in [1.807, 2.05) is 29.3 Å². The Bertz CT molecular complexity index is 804. The first-order chi connectivity index (χ1) is 13.7. The number of carbonyl (C=O) groups is 1. The highest BCUT2D eigenvalue weighted by molar-refractivity contribution is 6.05. The highest BCUT2D eigenvalue weighted by Gasteiger charge is 2.25. The van der Waals surface area contributed by atoms with E-state index in [1.165, 1.54) is 19.4 Å². The quantitative estimate of drug-likeness (QED) is 0.753. The molecule has 28 heavy (non-hydrogen) atoms. The predicted molar refractivity (Wildman–Crippen MR) is 111 cm³/mol. The van der Waals surface area contributed by atoms with Gasteiger partial charge in [-0.3, -0.25) is 4.79 Å². The van der Waals surface area contributed by atoms with Gasteiger partial charge in [0, 0.05) is 31.7 Å². The molecule has 1 amide bonds. The molecule has 1 heterocycles. The molecule has 1 saturated carbocycles. The van der Waals surface area contributed by atoms with Gasteiger partial charge in [-0.1, -0.05) is 12.1 Å². The molecule has 4 rings (SSSR count). The summed E-state index contributed by atoms with van der Waals surface area (Å²) in [5.41, 5.74) is 7.62. The lowest BCUT2D eigenvalue weighted by Gasteiger charge is -2.22. The zero-order valence-corrected chi connectivity index (χ0v) is 16.1. The first-order valence-corrected chi connectivity index (χ1v) is 10.1. The highest BCUT2D eigenvalue weighted by Crippen LogP contribution is 2.30. The summed E-state index contributed by atoms with van der Waals surface area (Å²) in [4.78, 5) is 21.0. The van der Waals surface area contributed by atoms with Crippen LogP contribution in [-0.4, -0.2) is 48.6 Å². The van der Waals surface area contributed by atoms with Crippen LogP contribution in [0, 0.1) is 5.92 Å². The smallest absolute Gasteiger partial charge is 0.255 e. The van der Waals surface area contributed by atoms with Gasteiger partial charge in [0.15, 0.2) is 0 Å². The molecule has 1 saturated heterocycles. The van der Waals surface area contributed by atoms with Crippen molar-refractivity contribution in [2.24, 2.45) is 5.92 Å². The van der Waals surface area contributed by atoms with Crippen LogP contribution >= 0.6 is 0 Å². The summed E-state index contributed by atoms with van der Waals surface area (Å²) in [7, 11) is 0. The van der Waals surface area contributed by atoms with Crippen LogP contribution in [0.5, 0.6) is 5.75 Å². The molecule has 0 atom stereocenters. The zero-order chi connectivity index (χ0) is 19.3. The molecule has 148 valence electrons. The molecule has 1 aliphatic heterocycles. The largest absolute Gasteiger partial charge is 0.406 e. The summed E-state index contributed by atoms with van der Waals surface area (Å²) in [5.74, 6) is 1.50. The average molecular weight is 380 g/mol. The zero-order valence-electron chi connectivity index (χ0n) is 16.1. The van der Waals surface area contributed by atoms with Gasteiger partial charge < -0.3 is 20.8 Å². The summed E-state index contributed by atoms with van der Waals surface area (Å²) < 4.78 is 0. The molecule has 3 N–H and O–H groups in total. The van der Waals surface area contributed by atoms with Crippen molar-refractivity contribution in [1.29, 1.82) is 0 Å². The van der Waals surface area contributed by atoms with E-state index in [2.05, 4.69) is 10.2 Å². The second kappa shape index (κ2) is 8.63. The molecule has 0 bridgehead atoms. The number of nitrogens with zero attached hydrogens (tertiary/aromatic N) is 2. The molecule has 0 spiro atoms. The Morgan fingerprint density at radius 2 is 1.82 bits per heavy atom. The minimum absolute atomic E-state index is 0.185. The number of benzene rings is 2. The molecule has 2 fully saturated rings. The average Bonchev–Trinajstić information content (AvgIpc) is 3.53. The van der Waals surface area contributed by atoms with Gasteiger partial charge in [-0.2, -0.15) is 0 Å². The third-order valence-electron chi connectivity index (χ3n) is 5.32. The Morgan fingerprint density at radius 1 is 1.04 bits per heavy atom. The van der Waals surface area contributed by atoms with Crippen LogP contribution < -0.4 is 15.9 Å². The fraction of sp³-hybridized carbons (Fsp3) is 0.409. The van der Waals surface area contributed by atoms with E-state index >= 15 is 0 Å². The summed E-state index contributed by atoms with van der Waals surface area (Å²) in [6, 6.07) is 14.5. The molecule has 6 heteroatoms. The van der Waals surface area contributed by atoms with E-state index in [9.17, 15) is 4.79 Å². The topological polar surface area (TPSA) is 70.8 Å². The lowest BCUT2D eigenvalue weighted by atomic mass is 10.2. The van der Waals surface area contributed by atoms with E-state index < -0.39 is 0 Å². The first-order valence-electron chi connectivity index (χ1n) is 10.1. The minimum atomic E-state index is -0.185.